The number of rotatable bonds is 5. The molecule has 0 aliphatic heterocycles. The SMILES string of the molecule is Cc1cc(C(C)NS(=O)(=O)c2csc(CO)c2)c(C)s1. The van der Waals surface area contributed by atoms with Gasteiger partial charge in [0.05, 0.1) is 11.5 Å². The number of sulfonamides is 1. The van der Waals surface area contributed by atoms with E-state index < -0.39 is 10.0 Å². The smallest absolute Gasteiger partial charge is 0.241 e. The molecule has 20 heavy (non-hydrogen) atoms. The third-order valence-corrected chi connectivity index (χ3v) is 6.55. The van der Waals surface area contributed by atoms with Gasteiger partial charge in [-0.1, -0.05) is 0 Å². The number of aryl methyl sites for hydroxylation is 2. The zero-order valence-electron chi connectivity index (χ0n) is 11.5. The minimum Gasteiger partial charge on any atom is -0.391 e. The van der Waals surface area contributed by atoms with Gasteiger partial charge in [-0.05, 0) is 38.5 Å². The van der Waals surface area contributed by atoms with Gasteiger partial charge in [0.15, 0.2) is 0 Å². The molecule has 2 heterocycles. The highest BCUT2D eigenvalue weighted by molar-refractivity contribution is 7.89. The summed E-state index contributed by atoms with van der Waals surface area (Å²) in [4.78, 5) is 3.14. The maximum atomic E-state index is 12.3. The van der Waals surface area contributed by atoms with E-state index in [9.17, 15) is 8.42 Å². The zero-order chi connectivity index (χ0) is 14.9. The van der Waals surface area contributed by atoms with Gasteiger partial charge in [-0.15, -0.1) is 22.7 Å². The third kappa shape index (κ3) is 3.29. The van der Waals surface area contributed by atoms with E-state index >= 15 is 0 Å². The summed E-state index contributed by atoms with van der Waals surface area (Å²) in [5, 5.41) is 10.6. The van der Waals surface area contributed by atoms with Crippen molar-refractivity contribution in [2.75, 3.05) is 0 Å². The first-order valence-electron chi connectivity index (χ1n) is 6.11. The molecule has 0 saturated carbocycles. The Kier molecular flexibility index (Phi) is 4.66. The monoisotopic (exact) mass is 331 g/mol. The van der Waals surface area contributed by atoms with E-state index in [2.05, 4.69) is 4.72 Å². The number of thiophene rings is 2. The van der Waals surface area contributed by atoms with Crippen LogP contribution in [-0.2, 0) is 16.6 Å². The molecule has 1 unspecified atom stereocenters. The predicted molar refractivity (Wildman–Crippen MR) is 82.8 cm³/mol. The van der Waals surface area contributed by atoms with Crippen molar-refractivity contribution in [2.24, 2.45) is 0 Å². The lowest BCUT2D eigenvalue weighted by atomic mass is 10.1. The molecular formula is C13H17NO3S3. The number of hydrogen-bond acceptors (Lipinski definition) is 5. The number of aliphatic hydroxyl groups excluding tert-OH is 1. The zero-order valence-corrected chi connectivity index (χ0v) is 14.0. The van der Waals surface area contributed by atoms with E-state index in [1.54, 1.807) is 16.7 Å². The van der Waals surface area contributed by atoms with Crippen molar-refractivity contribution in [3.8, 4) is 0 Å². The van der Waals surface area contributed by atoms with Gasteiger partial charge < -0.3 is 5.11 Å². The second-order valence-corrected chi connectivity index (χ2v) is 8.79. The van der Waals surface area contributed by atoms with Crippen LogP contribution in [0.1, 0.15) is 33.2 Å². The summed E-state index contributed by atoms with van der Waals surface area (Å²) in [6.07, 6.45) is 0. The second kappa shape index (κ2) is 5.95. The number of aliphatic hydroxyl groups is 1. The van der Waals surface area contributed by atoms with Gasteiger partial charge in [0, 0.05) is 26.1 Å². The van der Waals surface area contributed by atoms with E-state index in [1.807, 2.05) is 26.8 Å². The molecule has 0 aromatic carbocycles. The molecule has 0 radical (unpaired) electrons. The topological polar surface area (TPSA) is 66.4 Å². The Labute approximate surface area is 127 Å². The van der Waals surface area contributed by atoms with Crippen LogP contribution in [0, 0.1) is 13.8 Å². The number of hydrogen-bond donors (Lipinski definition) is 2. The van der Waals surface area contributed by atoms with Crippen molar-refractivity contribution in [3.05, 3.63) is 37.7 Å². The van der Waals surface area contributed by atoms with Gasteiger partial charge in [0.25, 0.3) is 0 Å². The maximum Gasteiger partial charge on any atom is 0.241 e. The molecule has 0 aliphatic rings. The van der Waals surface area contributed by atoms with Gasteiger partial charge in [-0.25, -0.2) is 13.1 Å². The Hall–Kier alpha value is -0.730. The molecule has 0 saturated heterocycles. The Morgan fingerprint density at radius 3 is 2.55 bits per heavy atom. The van der Waals surface area contributed by atoms with Gasteiger partial charge in [-0.3, -0.25) is 0 Å². The summed E-state index contributed by atoms with van der Waals surface area (Å²) < 4.78 is 27.2. The molecule has 2 N–H and O–H groups in total. The van der Waals surface area contributed by atoms with E-state index in [4.69, 9.17) is 5.11 Å². The van der Waals surface area contributed by atoms with Crippen LogP contribution in [0.25, 0.3) is 0 Å². The van der Waals surface area contributed by atoms with Crippen molar-refractivity contribution in [1.29, 1.82) is 0 Å². The fraction of sp³-hybridized carbons (Fsp3) is 0.385. The Morgan fingerprint density at radius 1 is 1.35 bits per heavy atom. The molecule has 0 aliphatic carbocycles. The number of nitrogens with one attached hydrogen (secondary N) is 1. The summed E-state index contributed by atoms with van der Waals surface area (Å²) in [5.41, 5.74) is 1.01. The standard InChI is InChI=1S/C13H17NO3S3/c1-8-4-13(10(3)19-8)9(2)14-20(16,17)12-5-11(6-15)18-7-12/h4-5,7,9,14-15H,6H2,1-3H3. The molecule has 110 valence electrons. The molecular weight excluding hydrogens is 314 g/mol. The minimum absolute atomic E-state index is 0.140. The van der Waals surface area contributed by atoms with E-state index in [0.29, 0.717) is 4.88 Å². The lowest BCUT2D eigenvalue weighted by molar-refractivity contribution is 0.285. The molecule has 0 fully saturated rings. The third-order valence-electron chi connectivity index (χ3n) is 2.97. The molecule has 0 bridgehead atoms. The van der Waals surface area contributed by atoms with Crippen LogP contribution in [0.3, 0.4) is 0 Å². The molecule has 2 rings (SSSR count). The first-order chi connectivity index (χ1) is 9.33. The summed E-state index contributed by atoms with van der Waals surface area (Å²) in [6.45, 7) is 5.70. The molecule has 2 aromatic rings. The fourth-order valence-electron chi connectivity index (χ4n) is 2.03. The van der Waals surface area contributed by atoms with Crippen molar-refractivity contribution < 1.29 is 13.5 Å². The van der Waals surface area contributed by atoms with Crippen molar-refractivity contribution in [3.63, 3.8) is 0 Å². The maximum absolute atomic E-state index is 12.3. The largest absolute Gasteiger partial charge is 0.391 e. The van der Waals surface area contributed by atoms with Crippen molar-refractivity contribution in [1.82, 2.24) is 4.72 Å². The van der Waals surface area contributed by atoms with E-state index in [1.165, 1.54) is 22.3 Å². The molecule has 4 nitrogen and oxygen atoms in total. The lowest BCUT2D eigenvalue weighted by Gasteiger charge is -2.13. The van der Waals surface area contributed by atoms with Crippen LogP contribution in [0.2, 0.25) is 0 Å². The van der Waals surface area contributed by atoms with Crippen LogP contribution in [-0.4, -0.2) is 13.5 Å². The molecule has 0 spiro atoms. The highest BCUT2D eigenvalue weighted by Gasteiger charge is 2.21. The average molecular weight is 331 g/mol. The molecule has 0 amide bonds. The van der Waals surface area contributed by atoms with Crippen LogP contribution in [0.5, 0.6) is 0 Å². The Bertz CT molecular complexity index is 700. The van der Waals surface area contributed by atoms with Gasteiger partial charge >= 0.3 is 0 Å². The van der Waals surface area contributed by atoms with E-state index in [-0.39, 0.29) is 17.5 Å². The molecule has 2 aromatic heterocycles. The molecule has 1 atom stereocenters. The lowest BCUT2D eigenvalue weighted by Crippen LogP contribution is -2.26. The fourth-order valence-corrected chi connectivity index (χ4v) is 5.41. The van der Waals surface area contributed by atoms with Gasteiger partial charge in [0.2, 0.25) is 10.0 Å². The summed E-state index contributed by atoms with van der Waals surface area (Å²) in [6, 6.07) is 3.24. The summed E-state index contributed by atoms with van der Waals surface area (Å²) in [5.74, 6) is 0. The first-order valence-corrected chi connectivity index (χ1v) is 9.29. The second-order valence-electron chi connectivity index (χ2n) is 4.62. The summed E-state index contributed by atoms with van der Waals surface area (Å²) in [7, 11) is -3.55. The quantitative estimate of drug-likeness (QED) is 0.885. The van der Waals surface area contributed by atoms with E-state index in [0.717, 1.165) is 10.4 Å². The van der Waals surface area contributed by atoms with Crippen molar-refractivity contribution in [2.45, 2.75) is 38.3 Å². The Balaban J connectivity index is 2.21. The highest BCUT2D eigenvalue weighted by atomic mass is 32.2. The van der Waals surface area contributed by atoms with Crippen molar-refractivity contribution >= 4 is 32.7 Å². The van der Waals surface area contributed by atoms with Gasteiger partial charge in [0.1, 0.15) is 0 Å². The molecule has 7 heteroatoms. The average Bonchev–Trinajstić information content (AvgIpc) is 2.95. The van der Waals surface area contributed by atoms with Crippen LogP contribution in [0.4, 0.5) is 0 Å². The van der Waals surface area contributed by atoms with Gasteiger partial charge in [-0.2, -0.15) is 0 Å². The minimum atomic E-state index is -3.55. The van der Waals surface area contributed by atoms with Crippen LogP contribution < -0.4 is 4.72 Å². The highest BCUT2D eigenvalue weighted by Crippen LogP contribution is 2.28. The van der Waals surface area contributed by atoms with Crippen LogP contribution >= 0.6 is 22.7 Å². The first kappa shape index (κ1) is 15.7. The van der Waals surface area contributed by atoms with Crippen LogP contribution in [0.15, 0.2) is 22.4 Å². The Morgan fingerprint density at radius 2 is 2.05 bits per heavy atom. The predicted octanol–water partition coefficient (Wildman–Crippen LogP) is 2.96. The summed E-state index contributed by atoms with van der Waals surface area (Å²) >= 11 is 2.90. The normalized spacial score (nSPS) is 13.6.